The SMILES string of the molecule is Clc1cc(Cl)c(NC2=NCCCS2)c(Cl)c1. The van der Waals surface area contributed by atoms with Crippen molar-refractivity contribution in [1.29, 1.82) is 0 Å². The lowest BCUT2D eigenvalue weighted by Crippen LogP contribution is -2.13. The summed E-state index contributed by atoms with van der Waals surface area (Å²) < 4.78 is 0. The Morgan fingerprint density at radius 3 is 2.44 bits per heavy atom. The van der Waals surface area contributed by atoms with Gasteiger partial charge in [0.2, 0.25) is 0 Å². The van der Waals surface area contributed by atoms with Crippen LogP contribution in [0.25, 0.3) is 0 Å². The molecule has 0 atom stereocenters. The van der Waals surface area contributed by atoms with E-state index in [4.69, 9.17) is 34.8 Å². The van der Waals surface area contributed by atoms with Gasteiger partial charge < -0.3 is 5.32 Å². The van der Waals surface area contributed by atoms with E-state index in [9.17, 15) is 0 Å². The van der Waals surface area contributed by atoms with E-state index in [1.165, 1.54) is 0 Å². The van der Waals surface area contributed by atoms with Gasteiger partial charge in [0.1, 0.15) is 0 Å². The highest BCUT2D eigenvalue weighted by atomic mass is 35.5. The second-order valence-electron chi connectivity index (χ2n) is 3.26. The summed E-state index contributed by atoms with van der Waals surface area (Å²) in [6, 6.07) is 3.32. The maximum Gasteiger partial charge on any atom is 0.161 e. The molecule has 0 fully saturated rings. The van der Waals surface area contributed by atoms with Crippen LogP contribution in [-0.4, -0.2) is 17.5 Å². The molecule has 2 nitrogen and oxygen atoms in total. The number of rotatable bonds is 1. The largest absolute Gasteiger partial charge is 0.333 e. The molecule has 16 heavy (non-hydrogen) atoms. The molecule has 0 amide bonds. The topological polar surface area (TPSA) is 24.4 Å². The van der Waals surface area contributed by atoms with Gasteiger partial charge in [-0.1, -0.05) is 46.6 Å². The smallest absolute Gasteiger partial charge is 0.161 e. The number of anilines is 1. The summed E-state index contributed by atoms with van der Waals surface area (Å²) in [7, 11) is 0. The summed E-state index contributed by atoms with van der Waals surface area (Å²) in [6.45, 7) is 0.845. The van der Waals surface area contributed by atoms with Gasteiger partial charge >= 0.3 is 0 Å². The average molecular weight is 296 g/mol. The van der Waals surface area contributed by atoms with Crippen molar-refractivity contribution in [1.82, 2.24) is 0 Å². The van der Waals surface area contributed by atoms with Crippen LogP contribution >= 0.6 is 46.6 Å². The van der Waals surface area contributed by atoms with Gasteiger partial charge in [-0.25, -0.2) is 0 Å². The molecule has 0 radical (unpaired) electrons. The molecule has 1 aliphatic rings. The Balaban J connectivity index is 2.24. The fourth-order valence-corrected chi connectivity index (χ4v) is 3.04. The van der Waals surface area contributed by atoms with Crippen molar-refractivity contribution in [3.8, 4) is 0 Å². The summed E-state index contributed by atoms with van der Waals surface area (Å²) >= 11 is 19.6. The Morgan fingerprint density at radius 2 is 1.88 bits per heavy atom. The number of nitrogens with one attached hydrogen (secondary N) is 1. The Morgan fingerprint density at radius 1 is 1.19 bits per heavy atom. The number of aliphatic imine (C=N–C) groups is 1. The van der Waals surface area contributed by atoms with Crippen molar-refractivity contribution in [3.63, 3.8) is 0 Å². The molecule has 1 heterocycles. The Kier molecular flexibility index (Phi) is 4.25. The van der Waals surface area contributed by atoms with Crippen LogP contribution in [0, 0.1) is 0 Å². The first-order chi connectivity index (χ1) is 7.66. The van der Waals surface area contributed by atoms with Gasteiger partial charge in [0.15, 0.2) is 5.17 Å². The lowest BCUT2D eigenvalue weighted by molar-refractivity contribution is 0.938. The summed E-state index contributed by atoms with van der Waals surface area (Å²) in [5.74, 6) is 1.06. The third-order valence-corrected chi connectivity index (χ3v) is 3.85. The zero-order valence-corrected chi connectivity index (χ0v) is 11.3. The standard InChI is InChI=1S/C10H9Cl3N2S/c11-6-4-7(12)9(8(13)5-6)15-10-14-2-1-3-16-10/h4-5H,1-3H2,(H,14,15). The zero-order valence-electron chi connectivity index (χ0n) is 8.27. The predicted octanol–water partition coefficient (Wildman–Crippen LogP) is 4.55. The first-order valence-electron chi connectivity index (χ1n) is 4.75. The van der Waals surface area contributed by atoms with E-state index in [0.29, 0.717) is 20.8 Å². The maximum absolute atomic E-state index is 6.06. The summed E-state index contributed by atoms with van der Waals surface area (Å²) in [5.41, 5.74) is 0.667. The Hall–Kier alpha value is -0.0900. The molecule has 0 saturated heterocycles. The first-order valence-corrected chi connectivity index (χ1v) is 6.87. The Labute approximate surface area is 113 Å². The second kappa shape index (κ2) is 5.50. The molecule has 0 bridgehead atoms. The van der Waals surface area contributed by atoms with Crippen molar-refractivity contribution in [2.24, 2.45) is 4.99 Å². The van der Waals surface area contributed by atoms with Crippen molar-refractivity contribution in [2.75, 3.05) is 17.6 Å². The lowest BCUT2D eigenvalue weighted by atomic mass is 10.3. The number of nitrogens with zero attached hydrogens (tertiary/aromatic N) is 1. The minimum atomic E-state index is 0.506. The highest BCUT2D eigenvalue weighted by Gasteiger charge is 2.12. The molecular weight excluding hydrogens is 287 g/mol. The Bertz CT molecular complexity index is 411. The van der Waals surface area contributed by atoms with Gasteiger partial charge in [0.25, 0.3) is 0 Å². The van der Waals surface area contributed by atoms with Crippen molar-refractivity contribution < 1.29 is 0 Å². The molecular formula is C10H9Cl3N2S. The maximum atomic E-state index is 6.06. The third kappa shape index (κ3) is 2.98. The van der Waals surface area contributed by atoms with E-state index < -0.39 is 0 Å². The molecule has 0 saturated carbocycles. The number of benzene rings is 1. The number of amidine groups is 1. The minimum absolute atomic E-state index is 0.506. The minimum Gasteiger partial charge on any atom is -0.333 e. The average Bonchev–Trinajstić information content (AvgIpc) is 2.25. The van der Waals surface area contributed by atoms with E-state index in [1.54, 1.807) is 23.9 Å². The highest BCUT2D eigenvalue weighted by molar-refractivity contribution is 8.14. The van der Waals surface area contributed by atoms with Crippen LogP contribution in [0.2, 0.25) is 15.1 Å². The van der Waals surface area contributed by atoms with Gasteiger partial charge in [-0.05, 0) is 18.6 Å². The molecule has 1 aromatic rings. The normalized spacial score (nSPS) is 15.8. The molecule has 2 rings (SSSR count). The zero-order chi connectivity index (χ0) is 11.5. The molecule has 0 spiro atoms. The fraction of sp³-hybridized carbons (Fsp3) is 0.300. The highest BCUT2D eigenvalue weighted by Crippen LogP contribution is 2.34. The predicted molar refractivity (Wildman–Crippen MR) is 74.5 cm³/mol. The van der Waals surface area contributed by atoms with E-state index in [0.717, 1.165) is 23.9 Å². The molecule has 1 aliphatic heterocycles. The van der Waals surface area contributed by atoms with Crippen LogP contribution in [0.1, 0.15) is 6.42 Å². The number of hydrogen-bond acceptors (Lipinski definition) is 3. The van der Waals surface area contributed by atoms with Crippen molar-refractivity contribution in [2.45, 2.75) is 6.42 Å². The van der Waals surface area contributed by atoms with E-state index in [1.807, 2.05) is 0 Å². The molecule has 86 valence electrons. The summed E-state index contributed by atoms with van der Waals surface area (Å²) in [6.07, 6.45) is 1.11. The second-order valence-corrected chi connectivity index (χ2v) is 5.59. The summed E-state index contributed by atoms with van der Waals surface area (Å²) in [4.78, 5) is 4.35. The molecule has 0 unspecified atom stereocenters. The van der Waals surface area contributed by atoms with E-state index in [-0.39, 0.29) is 0 Å². The van der Waals surface area contributed by atoms with Crippen LogP contribution < -0.4 is 5.32 Å². The summed E-state index contributed by atoms with van der Waals surface area (Å²) in [5, 5.41) is 5.53. The quantitative estimate of drug-likeness (QED) is 0.822. The van der Waals surface area contributed by atoms with Crippen LogP contribution in [0.5, 0.6) is 0 Å². The first kappa shape index (κ1) is 12.4. The molecule has 1 aromatic carbocycles. The number of halogens is 3. The van der Waals surface area contributed by atoms with E-state index in [2.05, 4.69) is 10.3 Å². The fourth-order valence-electron chi connectivity index (χ4n) is 1.30. The van der Waals surface area contributed by atoms with Gasteiger partial charge in [-0.2, -0.15) is 0 Å². The van der Waals surface area contributed by atoms with Crippen molar-refractivity contribution in [3.05, 3.63) is 27.2 Å². The third-order valence-electron chi connectivity index (χ3n) is 2.04. The van der Waals surface area contributed by atoms with Crippen LogP contribution in [0.3, 0.4) is 0 Å². The number of thioether (sulfide) groups is 1. The molecule has 6 heteroatoms. The number of hydrogen-bond donors (Lipinski definition) is 1. The molecule has 0 aromatic heterocycles. The van der Waals surface area contributed by atoms with Gasteiger partial charge in [-0.3, -0.25) is 4.99 Å². The lowest BCUT2D eigenvalue weighted by Gasteiger charge is -2.15. The van der Waals surface area contributed by atoms with Crippen LogP contribution in [0.15, 0.2) is 17.1 Å². The van der Waals surface area contributed by atoms with Crippen LogP contribution in [0.4, 0.5) is 5.69 Å². The van der Waals surface area contributed by atoms with Gasteiger partial charge in [0, 0.05) is 17.3 Å². The van der Waals surface area contributed by atoms with Gasteiger partial charge in [0.05, 0.1) is 15.7 Å². The monoisotopic (exact) mass is 294 g/mol. The van der Waals surface area contributed by atoms with Gasteiger partial charge in [-0.15, -0.1) is 0 Å². The molecule has 1 N–H and O–H groups in total. The van der Waals surface area contributed by atoms with E-state index >= 15 is 0 Å². The van der Waals surface area contributed by atoms with Crippen LogP contribution in [-0.2, 0) is 0 Å². The van der Waals surface area contributed by atoms with Crippen molar-refractivity contribution >= 4 is 57.4 Å². The molecule has 0 aliphatic carbocycles.